The van der Waals surface area contributed by atoms with E-state index in [0.29, 0.717) is 19.6 Å². The molecule has 0 spiro atoms. The molecule has 0 aromatic heterocycles. The number of anilines is 1. The van der Waals surface area contributed by atoms with Gasteiger partial charge < -0.3 is 24.8 Å². The average Bonchev–Trinajstić information content (AvgIpc) is 2.59. The van der Waals surface area contributed by atoms with E-state index in [1.54, 1.807) is 4.90 Å². The Balaban J connectivity index is 1.90. The van der Waals surface area contributed by atoms with Crippen molar-refractivity contribution in [2.75, 3.05) is 30.8 Å². The lowest BCUT2D eigenvalue weighted by Crippen LogP contribution is -2.46. The molecule has 1 aliphatic heterocycles. The topological polar surface area (TPSA) is 71.0 Å². The number of carbonyl (C=O) groups is 1. The van der Waals surface area contributed by atoms with Crippen LogP contribution in [0.3, 0.4) is 0 Å². The molecule has 6 nitrogen and oxygen atoms in total. The normalized spacial score (nSPS) is 19.0. The molecule has 2 rings (SSSR count). The van der Waals surface area contributed by atoms with Crippen molar-refractivity contribution >= 4 is 23.4 Å². The molecule has 146 valence electrons. The van der Waals surface area contributed by atoms with E-state index in [-0.39, 0.29) is 18.1 Å². The minimum absolute atomic E-state index is 0.0695. The summed E-state index contributed by atoms with van der Waals surface area (Å²) < 4.78 is 11.5. The lowest BCUT2D eigenvalue weighted by atomic mass is 10.1. The first-order valence-corrected chi connectivity index (χ1v) is 9.53. The third kappa shape index (κ3) is 6.92. The molecule has 1 aliphatic rings. The van der Waals surface area contributed by atoms with E-state index >= 15 is 0 Å². The van der Waals surface area contributed by atoms with Gasteiger partial charge in [0.15, 0.2) is 0 Å². The second-order valence-corrected chi connectivity index (χ2v) is 7.83. The van der Waals surface area contributed by atoms with E-state index in [2.05, 4.69) is 5.32 Å². The second kappa shape index (κ2) is 9.33. The number of nitrogens with one attached hydrogen (secondary N) is 1. The van der Waals surface area contributed by atoms with Gasteiger partial charge in [-0.2, -0.15) is 0 Å². The summed E-state index contributed by atoms with van der Waals surface area (Å²) in [5.41, 5.74) is 0.352. The lowest BCUT2D eigenvalue weighted by Gasteiger charge is -2.34. The fraction of sp³-hybridized carbons (Fsp3) is 0.632. The maximum atomic E-state index is 12.2. The fourth-order valence-electron chi connectivity index (χ4n) is 2.69. The zero-order chi connectivity index (χ0) is 19.2. The largest absolute Gasteiger partial charge is 0.489 e. The Morgan fingerprint density at radius 2 is 2.23 bits per heavy atom. The molecule has 2 unspecified atom stereocenters. The number of halogens is 1. The van der Waals surface area contributed by atoms with Crippen LogP contribution in [0, 0.1) is 0 Å². The van der Waals surface area contributed by atoms with Crippen molar-refractivity contribution in [1.82, 2.24) is 4.90 Å². The van der Waals surface area contributed by atoms with Gasteiger partial charge in [0.1, 0.15) is 17.5 Å². The molecule has 1 aromatic rings. The molecule has 2 N–H and O–H groups in total. The number of alkyl halides is 1. The minimum atomic E-state index is -0.595. The van der Waals surface area contributed by atoms with Gasteiger partial charge in [0.2, 0.25) is 0 Å². The van der Waals surface area contributed by atoms with Gasteiger partial charge >= 0.3 is 6.09 Å². The fourth-order valence-corrected chi connectivity index (χ4v) is 2.80. The smallest absolute Gasteiger partial charge is 0.410 e. The Labute approximate surface area is 160 Å². The number of ether oxygens (including phenoxy) is 2. The zero-order valence-corrected chi connectivity index (χ0v) is 16.5. The number of amides is 1. The third-order valence-corrected chi connectivity index (χ3v) is 4.24. The van der Waals surface area contributed by atoms with Gasteiger partial charge in [-0.1, -0.05) is 6.07 Å². The Morgan fingerprint density at radius 3 is 2.92 bits per heavy atom. The highest BCUT2D eigenvalue weighted by Crippen LogP contribution is 2.23. The SMILES string of the molecule is CC(C)(C)OC(=O)N1CCCC(Oc2cccc(NCC(O)CCl)c2)C1. The molecule has 1 heterocycles. The number of rotatable bonds is 6. The number of likely N-dealkylation sites (tertiary alicyclic amines) is 1. The molecule has 2 atom stereocenters. The third-order valence-electron chi connectivity index (χ3n) is 3.89. The van der Waals surface area contributed by atoms with Crippen LogP contribution in [0.2, 0.25) is 0 Å². The van der Waals surface area contributed by atoms with Crippen molar-refractivity contribution in [2.24, 2.45) is 0 Å². The molecule has 1 saturated heterocycles. The van der Waals surface area contributed by atoms with Gasteiger partial charge in [-0.15, -0.1) is 11.6 Å². The molecule has 7 heteroatoms. The van der Waals surface area contributed by atoms with Gasteiger partial charge in [-0.3, -0.25) is 0 Å². The number of piperidine rings is 1. The maximum Gasteiger partial charge on any atom is 0.410 e. The molecule has 0 bridgehead atoms. The van der Waals surface area contributed by atoms with Crippen molar-refractivity contribution in [3.63, 3.8) is 0 Å². The first-order valence-electron chi connectivity index (χ1n) is 8.99. The van der Waals surface area contributed by atoms with Gasteiger partial charge in [-0.05, 0) is 45.7 Å². The summed E-state index contributed by atoms with van der Waals surface area (Å²) >= 11 is 5.60. The summed E-state index contributed by atoms with van der Waals surface area (Å²) in [5, 5.41) is 12.7. The van der Waals surface area contributed by atoms with Crippen LogP contribution in [0.5, 0.6) is 5.75 Å². The Hall–Kier alpha value is -1.66. The number of carbonyl (C=O) groups excluding carboxylic acids is 1. The number of hydrogen-bond acceptors (Lipinski definition) is 5. The van der Waals surface area contributed by atoms with E-state index in [0.717, 1.165) is 24.3 Å². The highest BCUT2D eigenvalue weighted by atomic mass is 35.5. The first kappa shape index (κ1) is 20.6. The van der Waals surface area contributed by atoms with Crippen molar-refractivity contribution in [2.45, 2.75) is 51.4 Å². The van der Waals surface area contributed by atoms with Crippen LogP contribution in [-0.2, 0) is 4.74 Å². The number of aliphatic hydroxyl groups is 1. The van der Waals surface area contributed by atoms with Crippen molar-refractivity contribution in [1.29, 1.82) is 0 Å². The quantitative estimate of drug-likeness (QED) is 0.735. The van der Waals surface area contributed by atoms with E-state index in [9.17, 15) is 9.90 Å². The van der Waals surface area contributed by atoms with Gasteiger partial charge in [0, 0.05) is 24.8 Å². The predicted molar refractivity (Wildman–Crippen MR) is 103 cm³/mol. The molecule has 1 amide bonds. The zero-order valence-electron chi connectivity index (χ0n) is 15.7. The van der Waals surface area contributed by atoms with E-state index in [1.165, 1.54) is 0 Å². The summed E-state index contributed by atoms with van der Waals surface area (Å²) in [5.74, 6) is 0.914. The summed E-state index contributed by atoms with van der Waals surface area (Å²) in [6.45, 7) is 7.17. The monoisotopic (exact) mass is 384 g/mol. The maximum absolute atomic E-state index is 12.2. The van der Waals surface area contributed by atoms with Crippen LogP contribution in [0.25, 0.3) is 0 Å². The van der Waals surface area contributed by atoms with Crippen LogP contribution in [0.4, 0.5) is 10.5 Å². The minimum Gasteiger partial charge on any atom is -0.489 e. The van der Waals surface area contributed by atoms with Gasteiger partial charge in [0.05, 0.1) is 18.5 Å². The van der Waals surface area contributed by atoms with Crippen LogP contribution >= 0.6 is 11.6 Å². The summed E-state index contributed by atoms with van der Waals surface area (Å²) in [6.07, 6.45) is 0.810. The van der Waals surface area contributed by atoms with E-state index in [1.807, 2.05) is 45.0 Å². The first-order chi connectivity index (χ1) is 12.3. The summed E-state index contributed by atoms with van der Waals surface area (Å²) in [4.78, 5) is 14.0. The predicted octanol–water partition coefficient (Wildman–Crippen LogP) is 3.48. The van der Waals surface area contributed by atoms with Crippen LogP contribution in [0.1, 0.15) is 33.6 Å². The van der Waals surface area contributed by atoms with Crippen molar-refractivity contribution in [3.05, 3.63) is 24.3 Å². The summed E-state index contributed by atoms with van der Waals surface area (Å²) in [7, 11) is 0. The summed E-state index contributed by atoms with van der Waals surface area (Å²) in [6, 6.07) is 7.56. The van der Waals surface area contributed by atoms with E-state index < -0.39 is 11.7 Å². The Kier molecular flexibility index (Phi) is 7.41. The Bertz CT molecular complexity index is 591. The molecule has 26 heavy (non-hydrogen) atoms. The Morgan fingerprint density at radius 1 is 1.46 bits per heavy atom. The van der Waals surface area contributed by atoms with Gasteiger partial charge in [0.25, 0.3) is 0 Å². The van der Waals surface area contributed by atoms with E-state index in [4.69, 9.17) is 21.1 Å². The second-order valence-electron chi connectivity index (χ2n) is 7.53. The van der Waals surface area contributed by atoms with Crippen LogP contribution in [0.15, 0.2) is 24.3 Å². The lowest BCUT2D eigenvalue weighted by molar-refractivity contribution is 0.00776. The molecular formula is C19H29ClN2O4. The molecular weight excluding hydrogens is 356 g/mol. The number of aliphatic hydroxyl groups excluding tert-OH is 1. The highest BCUT2D eigenvalue weighted by Gasteiger charge is 2.28. The molecule has 0 saturated carbocycles. The van der Waals surface area contributed by atoms with Crippen LogP contribution < -0.4 is 10.1 Å². The molecule has 1 fully saturated rings. The highest BCUT2D eigenvalue weighted by molar-refractivity contribution is 6.18. The van der Waals surface area contributed by atoms with Crippen molar-refractivity contribution < 1.29 is 19.4 Å². The molecule has 1 aromatic carbocycles. The van der Waals surface area contributed by atoms with Crippen LogP contribution in [-0.4, -0.2) is 59.4 Å². The molecule has 0 aliphatic carbocycles. The number of benzene rings is 1. The number of hydrogen-bond donors (Lipinski definition) is 2. The van der Waals surface area contributed by atoms with Crippen molar-refractivity contribution in [3.8, 4) is 5.75 Å². The molecule has 0 radical (unpaired) electrons. The average molecular weight is 385 g/mol. The van der Waals surface area contributed by atoms with Gasteiger partial charge in [-0.25, -0.2) is 4.79 Å². The number of nitrogens with zero attached hydrogens (tertiary/aromatic N) is 1. The standard InChI is InChI=1S/C19H29ClN2O4/c1-19(2,3)26-18(24)22-9-5-8-17(13-22)25-16-7-4-6-14(10-16)21-12-15(23)11-20/h4,6-7,10,15,17,21,23H,5,8-9,11-13H2,1-3H3.